The van der Waals surface area contributed by atoms with Gasteiger partial charge in [0.05, 0.1) is 0 Å². The number of aromatic nitrogens is 1. The van der Waals surface area contributed by atoms with Gasteiger partial charge in [0.25, 0.3) is 5.91 Å². The van der Waals surface area contributed by atoms with Gasteiger partial charge in [-0.1, -0.05) is 6.92 Å². The van der Waals surface area contributed by atoms with Gasteiger partial charge in [-0.25, -0.2) is 0 Å². The second kappa shape index (κ2) is 5.31. The van der Waals surface area contributed by atoms with Crippen molar-refractivity contribution in [2.45, 2.75) is 19.4 Å². The lowest BCUT2D eigenvalue weighted by atomic mass is 10.2. The maximum Gasteiger partial charge on any atom is 0.257 e. The summed E-state index contributed by atoms with van der Waals surface area (Å²) in [6, 6.07) is 1.23. The third kappa shape index (κ3) is 2.92. The molecule has 0 bridgehead atoms. The summed E-state index contributed by atoms with van der Waals surface area (Å²) in [4.78, 5) is 25.6. The summed E-state index contributed by atoms with van der Waals surface area (Å²) >= 11 is 0. The van der Waals surface area contributed by atoms with Crippen LogP contribution in [0, 0.1) is 0 Å². The molecule has 1 amide bonds. The van der Waals surface area contributed by atoms with E-state index in [1.54, 1.807) is 0 Å². The lowest BCUT2D eigenvalue weighted by Crippen LogP contribution is -2.41. The molecule has 82 valence electrons. The molecule has 1 unspecified atom stereocenters. The molecule has 5 heteroatoms. The number of rotatable bonds is 4. The largest absolute Gasteiger partial charge is 0.367 e. The second-order valence-electron chi connectivity index (χ2n) is 3.24. The molecule has 0 spiro atoms. The van der Waals surface area contributed by atoms with E-state index in [1.807, 2.05) is 6.92 Å². The van der Waals surface area contributed by atoms with Crippen LogP contribution in [0.4, 0.5) is 0 Å². The molecule has 1 rings (SSSR count). The Kier molecular flexibility index (Phi) is 4.05. The Morgan fingerprint density at radius 3 is 2.93 bits per heavy atom. The molecular formula is C10H15N3O2. The van der Waals surface area contributed by atoms with Gasteiger partial charge in [-0.3, -0.25) is 9.59 Å². The molecule has 0 aromatic carbocycles. The first-order valence-electron chi connectivity index (χ1n) is 4.87. The molecule has 15 heavy (non-hydrogen) atoms. The van der Waals surface area contributed by atoms with E-state index in [2.05, 4.69) is 10.3 Å². The number of carbonyl (C=O) groups is 1. The van der Waals surface area contributed by atoms with E-state index in [4.69, 9.17) is 5.73 Å². The number of nitrogens with two attached hydrogens (primary N) is 1. The van der Waals surface area contributed by atoms with Gasteiger partial charge in [-0.05, 0) is 6.42 Å². The van der Waals surface area contributed by atoms with Crippen LogP contribution in [-0.4, -0.2) is 23.5 Å². The third-order valence-electron chi connectivity index (χ3n) is 2.18. The lowest BCUT2D eigenvalue weighted by molar-refractivity contribution is 0.0935. The van der Waals surface area contributed by atoms with E-state index < -0.39 is 0 Å². The Balaban J connectivity index is 2.78. The monoisotopic (exact) mass is 209 g/mol. The Morgan fingerprint density at radius 2 is 2.40 bits per heavy atom. The zero-order chi connectivity index (χ0) is 11.3. The van der Waals surface area contributed by atoms with Crippen molar-refractivity contribution in [1.29, 1.82) is 0 Å². The molecule has 0 radical (unpaired) electrons. The molecule has 1 aromatic rings. The molecule has 1 heterocycles. The summed E-state index contributed by atoms with van der Waals surface area (Å²) in [6.07, 6.45) is 3.62. The number of amides is 1. The van der Waals surface area contributed by atoms with E-state index in [0.29, 0.717) is 6.54 Å². The van der Waals surface area contributed by atoms with Crippen LogP contribution >= 0.6 is 0 Å². The van der Waals surface area contributed by atoms with Crippen molar-refractivity contribution in [2.24, 2.45) is 5.73 Å². The third-order valence-corrected chi connectivity index (χ3v) is 2.18. The van der Waals surface area contributed by atoms with Gasteiger partial charge in [0.2, 0.25) is 0 Å². The fourth-order valence-corrected chi connectivity index (χ4v) is 1.18. The zero-order valence-electron chi connectivity index (χ0n) is 8.62. The molecule has 4 N–H and O–H groups in total. The zero-order valence-corrected chi connectivity index (χ0v) is 8.62. The Hall–Kier alpha value is -1.62. The first-order valence-corrected chi connectivity index (χ1v) is 4.87. The van der Waals surface area contributed by atoms with E-state index in [1.165, 1.54) is 18.5 Å². The smallest absolute Gasteiger partial charge is 0.257 e. The van der Waals surface area contributed by atoms with Crippen LogP contribution in [0.2, 0.25) is 0 Å². The molecule has 1 atom stereocenters. The number of hydrogen-bond acceptors (Lipinski definition) is 3. The number of aromatic amines is 1. The van der Waals surface area contributed by atoms with Gasteiger partial charge in [0, 0.05) is 31.0 Å². The normalized spacial score (nSPS) is 12.1. The van der Waals surface area contributed by atoms with Crippen molar-refractivity contribution in [3.05, 3.63) is 34.2 Å². The molecule has 0 aliphatic heterocycles. The summed E-state index contributed by atoms with van der Waals surface area (Å²) in [6.45, 7) is 2.29. The fourth-order valence-electron chi connectivity index (χ4n) is 1.18. The summed E-state index contributed by atoms with van der Waals surface area (Å²) in [5, 5.41) is 2.69. The van der Waals surface area contributed by atoms with Gasteiger partial charge in [-0.15, -0.1) is 0 Å². The van der Waals surface area contributed by atoms with Gasteiger partial charge >= 0.3 is 0 Å². The van der Waals surface area contributed by atoms with Crippen LogP contribution in [-0.2, 0) is 0 Å². The van der Waals surface area contributed by atoms with Gasteiger partial charge in [0.15, 0.2) is 5.43 Å². The van der Waals surface area contributed by atoms with Crippen LogP contribution < -0.4 is 16.5 Å². The topological polar surface area (TPSA) is 88.0 Å². The average Bonchev–Trinajstić information content (AvgIpc) is 2.26. The average molecular weight is 209 g/mol. The first-order chi connectivity index (χ1) is 7.19. The molecule has 0 fully saturated rings. The highest BCUT2D eigenvalue weighted by molar-refractivity contribution is 5.93. The number of pyridine rings is 1. The number of hydrogen-bond donors (Lipinski definition) is 3. The number of carbonyl (C=O) groups excluding carboxylic acids is 1. The van der Waals surface area contributed by atoms with Crippen molar-refractivity contribution in [3.8, 4) is 0 Å². The van der Waals surface area contributed by atoms with Crippen molar-refractivity contribution in [3.63, 3.8) is 0 Å². The summed E-state index contributed by atoms with van der Waals surface area (Å²) in [5.74, 6) is -0.380. The van der Waals surface area contributed by atoms with Crippen LogP contribution in [0.5, 0.6) is 0 Å². The van der Waals surface area contributed by atoms with Gasteiger partial charge < -0.3 is 16.0 Å². The van der Waals surface area contributed by atoms with Crippen LogP contribution in [0.3, 0.4) is 0 Å². The van der Waals surface area contributed by atoms with Crippen molar-refractivity contribution in [1.82, 2.24) is 10.3 Å². The minimum Gasteiger partial charge on any atom is -0.367 e. The summed E-state index contributed by atoms with van der Waals surface area (Å²) < 4.78 is 0. The Morgan fingerprint density at radius 1 is 1.67 bits per heavy atom. The van der Waals surface area contributed by atoms with E-state index in [9.17, 15) is 9.59 Å². The Labute approximate surface area is 87.7 Å². The second-order valence-corrected chi connectivity index (χ2v) is 3.24. The standard InChI is InChI=1S/C10H15N3O2/c1-2-7(5-11)13-10(15)8-6-12-4-3-9(8)14/h3-4,6-7H,2,5,11H2,1H3,(H,12,14)(H,13,15). The molecule has 0 saturated heterocycles. The molecular weight excluding hydrogens is 194 g/mol. The highest BCUT2D eigenvalue weighted by Gasteiger charge is 2.12. The predicted molar refractivity (Wildman–Crippen MR) is 57.7 cm³/mol. The summed E-state index contributed by atoms with van der Waals surface area (Å²) in [5.41, 5.74) is 5.27. The van der Waals surface area contributed by atoms with Gasteiger partial charge in [-0.2, -0.15) is 0 Å². The maximum absolute atomic E-state index is 11.6. The van der Waals surface area contributed by atoms with Crippen molar-refractivity contribution < 1.29 is 4.79 Å². The van der Waals surface area contributed by atoms with Crippen LogP contribution in [0.1, 0.15) is 23.7 Å². The summed E-state index contributed by atoms with van der Waals surface area (Å²) in [7, 11) is 0. The van der Waals surface area contributed by atoms with Crippen LogP contribution in [0.15, 0.2) is 23.3 Å². The molecule has 0 aliphatic rings. The van der Waals surface area contributed by atoms with Gasteiger partial charge in [0.1, 0.15) is 5.56 Å². The molecule has 0 saturated carbocycles. The molecule has 0 aliphatic carbocycles. The van der Waals surface area contributed by atoms with E-state index >= 15 is 0 Å². The van der Waals surface area contributed by atoms with E-state index in [-0.39, 0.29) is 22.9 Å². The van der Waals surface area contributed by atoms with Crippen molar-refractivity contribution >= 4 is 5.91 Å². The van der Waals surface area contributed by atoms with Crippen LogP contribution in [0.25, 0.3) is 0 Å². The van der Waals surface area contributed by atoms with Crippen molar-refractivity contribution in [2.75, 3.05) is 6.54 Å². The number of nitrogens with one attached hydrogen (secondary N) is 2. The van der Waals surface area contributed by atoms with E-state index in [0.717, 1.165) is 6.42 Å². The molecule has 5 nitrogen and oxygen atoms in total. The molecule has 1 aromatic heterocycles. The highest BCUT2D eigenvalue weighted by Crippen LogP contribution is 1.92. The predicted octanol–water partition coefficient (Wildman–Crippen LogP) is -0.158. The highest BCUT2D eigenvalue weighted by atomic mass is 16.2. The Bertz CT molecular complexity index is 382. The first kappa shape index (κ1) is 11.5. The minimum absolute atomic E-state index is 0.0860. The minimum atomic E-state index is -0.380. The fraction of sp³-hybridized carbons (Fsp3) is 0.400. The SMILES string of the molecule is CCC(CN)NC(=O)c1c[nH]ccc1=O. The maximum atomic E-state index is 11.6. The quantitative estimate of drug-likeness (QED) is 0.644. The number of H-pyrrole nitrogens is 1. The lowest BCUT2D eigenvalue weighted by Gasteiger charge is -2.13.